The summed E-state index contributed by atoms with van der Waals surface area (Å²) in [5.41, 5.74) is 0.848. The highest BCUT2D eigenvalue weighted by Crippen LogP contribution is 2.37. The zero-order valence-electron chi connectivity index (χ0n) is 13.5. The van der Waals surface area contributed by atoms with Crippen molar-refractivity contribution >= 4 is 8.32 Å². The van der Waals surface area contributed by atoms with Crippen LogP contribution in [0.4, 0.5) is 4.39 Å². The molecule has 0 aliphatic carbocycles. The van der Waals surface area contributed by atoms with E-state index in [1.807, 2.05) is 18.2 Å². The van der Waals surface area contributed by atoms with Gasteiger partial charge in [0.2, 0.25) is 0 Å². The van der Waals surface area contributed by atoms with Crippen molar-refractivity contribution in [2.24, 2.45) is 0 Å². The van der Waals surface area contributed by atoms with Crippen molar-refractivity contribution in [1.82, 2.24) is 0 Å². The average Bonchev–Trinajstić information content (AvgIpc) is 2.84. The van der Waals surface area contributed by atoms with Crippen molar-refractivity contribution in [3.63, 3.8) is 0 Å². The lowest BCUT2D eigenvalue weighted by Crippen LogP contribution is -2.42. The number of hydrogen-bond donors (Lipinski definition) is 0. The van der Waals surface area contributed by atoms with Gasteiger partial charge >= 0.3 is 0 Å². The quantitative estimate of drug-likeness (QED) is 0.585. The Morgan fingerprint density at radius 2 is 1.95 bits per heavy atom. The molecular weight excluding hydrogens is 283 g/mol. The van der Waals surface area contributed by atoms with Crippen molar-refractivity contribution in [2.75, 3.05) is 6.61 Å². The van der Waals surface area contributed by atoms with Crippen LogP contribution in [0, 0.1) is 5.82 Å². The van der Waals surface area contributed by atoms with E-state index in [0.717, 1.165) is 5.56 Å². The maximum atomic E-state index is 13.3. The molecule has 0 spiro atoms. The Morgan fingerprint density at radius 1 is 1.24 bits per heavy atom. The van der Waals surface area contributed by atoms with E-state index in [4.69, 9.17) is 9.16 Å². The number of rotatable bonds is 4. The van der Waals surface area contributed by atoms with Gasteiger partial charge in [-0.25, -0.2) is 4.39 Å². The predicted octanol–water partition coefficient (Wildman–Crippen LogP) is 4.84. The van der Waals surface area contributed by atoms with Crippen LogP contribution in [0.2, 0.25) is 18.1 Å². The summed E-state index contributed by atoms with van der Waals surface area (Å²) in [6.07, 6.45) is 3.78. The molecule has 2 rings (SSSR count). The maximum Gasteiger partial charge on any atom is 0.192 e. The molecule has 0 aromatic heterocycles. The smallest absolute Gasteiger partial charge is 0.192 e. The fourth-order valence-corrected chi connectivity index (χ4v) is 2.99. The minimum atomic E-state index is -1.76. The number of hydrogen-bond acceptors (Lipinski definition) is 2. The summed E-state index contributed by atoms with van der Waals surface area (Å²) < 4.78 is 25.4. The molecule has 0 bridgehead atoms. The van der Waals surface area contributed by atoms with Gasteiger partial charge < -0.3 is 9.16 Å². The highest BCUT2D eigenvalue weighted by molar-refractivity contribution is 6.74. The van der Waals surface area contributed by atoms with E-state index in [0.29, 0.717) is 6.61 Å². The highest BCUT2D eigenvalue weighted by Gasteiger charge is 2.38. The normalized spacial score (nSPS) is 22.8. The molecule has 1 aromatic carbocycles. The van der Waals surface area contributed by atoms with Gasteiger partial charge in [0.15, 0.2) is 8.32 Å². The van der Waals surface area contributed by atoms with E-state index in [-0.39, 0.29) is 23.1 Å². The minimum Gasteiger partial charge on any atom is -0.414 e. The number of halogens is 1. The van der Waals surface area contributed by atoms with Gasteiger partial charge in [0.05, 0.1) is 12.7 Å². The maximum absolute atomic E-state index is 13.3. The van der Waals surface area contributed by atoms with Crippen molar-refractivity contribution in [3.05, 3.63) is 47.8 Å². The Hall–Kier alpha value is -0.973. The Morgan fingerprint density at radius 3 is 2.57 bits per heavy atom. The molecule has 2 nitrogen and oxygen atoms in total. The van der Waals surface area contributed by atoms with Gasteiger partial charge in [-0.05, 0) is 35.8 Å². The van der Waals surface area contributed by atoms with E-state index < -0.39 is 8.32 Å². The molecule has 0 N–H and O–H groups in total. The van der Waals surface area contributed by atoms with Crippen LogP contribution in [0.5, 0.6) is 0 Å². The predicted molar refractivity (Wildman–Crippen MR) is 86.3 cm³/mol. The lowest BCUT2D eigenvalue weighted by molar-refractivity contribution is 0.0281. The Bertz CT molecular complexity index is 520. The number of ether oxygens (including phenoxy) is 1. The molecule has 0 saturated heterocycles. The fraction of sp³-hybridized carbons (Fsp3) is 0.529. The molecular formula is C17H25FO2Si. The van der Waals surface area contributed by atoms with Crippen molar-refractivity contribution in [3.8, 4) is 0 Å². The molecule has 1 heterocycles. The Labute approximate surface area is 128 Å². The largest absolute Gasteiger partial charge is 0.414 e. The molecule has 0 radical (unpaired) electrons. The second-order valence-electron chi connectivity index (χ2n) is 7.11. The first-order valence-electron chi connectivity index (χ1n) is 7.42. The lowest BCUT2D eigenvalue weighted by atomic mass is 10.1. The topological polar surface area (TPSA) is 18.5 Å². The molecule has 1 aliphatic heterocycles. The first-order chi connectivity index (χ1) is 9.69. The van der Waals surface area contributed by atoms with Crippen molar-refractivity contribution in [1.29, 1.82) is 0 Å². The van der Waals surface area contributed by atoms with Crippen LogP contribution in [0.3, 0.4) is 0 Å². The van der Waals surface area contributed by atoms with Crippen LogP contribution in [-0.4, -0.2) is 21.0 Å². The second kappa shape index (κ2) is 6.03. The highest BCUT2D eigenvalue weighted by atomic mass is 28.4. The van der Waals surface area contributed by atoms with Crippen molar-refractivity contribution < 1.29 is 13.6 Å². The first kappa shape index (κ1) is 16.4. The Kier molecular flexibility index (Phi) is 4.71. The summed E-state index contributed by atoms with van der Waals surface area (Å²) in [6.45, 7) is 11.7. The van der Waals surface area contributed by atoms with Gasteiger partial charge in [0.1, 0.15) is 11.9 Å². The molecule has 2 atom stereocenters. The van der Waals surface area contributed by atoms with Gasteiger partial charge in [-0.3, -0.25) is 0 Å². The average molecular weight is 308 g/mol. The first-order valence-corrected chi connectivity index (χ1v) is 10.3. The molecule has 0 amide bonds. The molecule has 1 aliphatic rings. The van der Waals surface area contributed by atoms with Crippen molar-refractivity contribution in [2.45, 2.75) is 51.1 Å². The van der Waals surface area contributed by atoms with Gasteiger partial charge in [0.25, 0.3) is 0 Å². The SMILES string of the molecule is CC(C)(C)[Si](C)(C)OC[C@@H]1C=C[C@H](c2cccc(F)c2)O1. The van der Waals surface area contributed by atoms with Crippen LogP contribution >= 0.6 is 0 Å². The zero-order chi connectivity index (χ0) is 15.7. The van der Waals surface area contributed by atoms with Crippen LogP contribution < -0.4 is 0 Å². The molecule has 116 valence electrons. The van der Waals surface area contributed by atoms with E-state index in [2.05, 4.69) is 33.9 Å². The third kappa shape index (κ3) is 4.02. The van der Waals surface area contributed by atoms with Gasteiger partial charge in [-0.1, -0.05) is 45.1 Å². The summed E-state index contributed by atoms with van der Waals surface area (Å²) in [5.74, 6) is -0.231. The lowest BCUT2D eigenvalue weighted by Gasteiger charge is -2.36. The van der Waals surface area contributed by atoms with Crippen LogP contribution in [0.25, 0.3) is 0 Å². The summed E-state index contributed by atoms with van der Waals surface area (Å²) in [6, 6.07) is 6.56. The number of benzene rings is 1. The summed E-state index contributed by atoms with van der Waals surface area (Å²) in [7, 11) is -1.76. The van der Waals surface area contributed by atoms with Crippen LogP contribution in [0.15, 0.2) is 36.4 Å². The molecule has 21 heavy (non-hydrogen) atoms. The van der Waals surface area contributed by atoms with E-state index in [1.165, 1.54) is 12.1 Å². The third-order valence-corrected chi connectivity index (χ3v) is 8.91. The van der Waals surface area contributed by atoms with E-state index >= 15 is 0 Å². The Balaban J connectivity index is 1.91. The molecule has 0 saturated carbocycles. The summed E-state index contributed by atoms with van der Waals surface area (Å²) in [5, 5.41) is 0.192. The van der Waals surface area contributed by atoms with E-state index in [9.17, 15) is 4.39 Å². The third-order valence-electron chi connectivity index (χ3n) is 4.41. The molecule has 0 unspecified atom stereocenters. The second-order valence-corrected chi connectivity index (χ2v) is 11.9. The molecule has 4 heteroatoms. The summed E-state index contributed by atoms with van der Waals surface area (Å²) in [4.78, 5) is 0. The van der Waals surface area contributed by atoms with Gasteiger partial charge in [-0.2, -0.15) is 0 Å². The molecule has 0 fully saturated rings. The van der Waals surface area contributed by atoms with Gasteiger partial charge in [0, 0.05) is 0 Å². The standard InChI is InChI=1S/C17H25FO2Si/c1-17(2,3)21(4,5)19-12-15-9-10-16(20-15)13-7-6-8-14(18)11-13/h6-11,15-16H,12H2,1-5H3/t15-,16+/m0/s1. The van der Waals surface area contributed by atoms with Crippen LogP contribution in [0.1, 0.15) is 32.4 Å². The van der Waals surface area contributed by atoms with E-state index in [1.54, 1.807) is 6.07 Å². The minimum absolute atomic E-state index is 0.0487. The van der Waals surface area contributed by atoms with Gasteiger partial charge in [-0.15, -0.1) is 0 Å². The zero-order valence-corrected chi connectivity index (χ0v) is 14.5. The molecule has 1 aromatic rings. The van der Waals surface area contributed by atoms with Crippen LogP contribution in [-0.2, 0) is 9.16 Å². The fourth-order valence-electron chi connectivity index (χ4n) is 1.98. The summed E-state index contributed by atoms with van der Waals surface area (Å²) >= 11 is 0. The monoisotopic (exact) mass is 308 g/mol.